The van der Waals surface area contributed by atoms with Crippen molar-refractivity contribution in [2.45, 2.75) is 45.5 Å². The van der Waals surface area contributed by atoms with E-state index in [0.29, 0.717) is 22.7 Å². The summed E-state index contributed by atoms with van der Waals surface area (Å²) < 4.78 is 5.27. The van der Waals surface area contributed by atoms with Crippen molar-refractivity contribution in [3.8, 4) is 11.1 Å². The maximum atomic E-state index is 13.0. The van der Waals surface area contributed by atoms with Crippen molar-refractivity contribution >= 4 is 46.4 Å². The quantitative estimate of drug-likeness (QED) is 0.524. The van der Waals surface area contributed by atoms with Crippen LogP contribution in [0.15, 0.2) is 23.6 Å². The Morgan fingerprint density at radius 1 is 1.30 bits per heavy atom. The van der Waals surface area contributed by atoms with Gasteiger partial charge in [0, 0.05) is 16.7 Å². The Kier molecular flexibility index (Phi) is 6.57. The van der Waals surface area contributed by atoms with Crippen LogP contribution < -0.4 is 5.32 Å². The van der Waals surface area contributed by atoms with Crippen LogP contribution in [0.4, 0.5) is 5.00 Å². The zero-order valence-electron chi connectivity index (χ0n) is 17.8. The number of carbonyl (C=O) groups is 3. The Hall–Kier alpha value is -2.32. The van der Waals surface area contributed by atoms with Gasteiger partial charge in [0.25, 0.3) is 0 Å². The van der Waals surface area contributed by atoms with E-state index >= 15 is 0 Å². The highest BCUT2D eigenvalue weighted by Gasteiger charge is 2.43. The molecule has 1 saturated heterocycles. The van der Waals surface area contributed by atoms with Gasteiger partial charge in [0.1, 0.15) is 16.6 Å². The first kappa shape index (κ1) is 22.4. The van der Waals surface area contributed by atoms with Gasteiger partial charge >= 0.3 is 5.97 Å². The van der Waals surface area contributed by atoms with Crippen LogP contribution in [-0.2, 0) is 14.3 Å². The molecule has 160 valence electrons. The number of rotatable bonds is 6. The Labute approximate surface area is 185 Å². The molecule has 0 saturated carbocycles. The number of hydrogen-bond acceptors (Lipinski definition) is 6. The molecule has 6 nitrogen and oxygen atoms in total. The summed E-state index contributed by atoms with van der Waals surface area (Å²) in [5.41, 5.74) is 4.25. The molecule has 0 aliphatic carbocycles. The predicted molar refractivity (Wildman–Crippen MR) is 122 cm³/mol. The summed E-state index contributed by atoms with van der Waals surface area (Å²) in [6, 6.07) is 5.40. The molecule has 1 aliphatic heterocycles. The third-order valence-corrected chi connectivity index (χ3v) is 7.59. The lowest BCUT2D eigenvalue weighted by molar-refractivity contribution is -0.130. The third-order valence-electron chi connectivity index (χ3n) is 5.29. The van der Waals surface area contributed by atoms with E-state index in [4.69, 9.17) is 4.74 Å². The number of thiophene rings is 1. The molecule has 3 rings (SSSR count). The third kappa shape index (κ3) is 4.25. The van der Waals surface area contributed by atoms with E-state index in [0.717, 1.165) is 22.3 Å². The topological polar surface area (TPSA) is 75.7 Å². The minimum Gasteiger partial charge on any atom is -0.462 e. The van der Waals surface area contributed by atoms with Gasteiger partial charge in [-0.3, -0.25) is 9.59 Å². The SMILES string of the molecule is CCOC(=O)c1c(-c2ccc(C)c(C)c2)csc1NC(=O)C1CSC(C)(C)N1C=O. The lowest BCUT2D eigenvalue weighted by Gasteiger charge is -2.30. The van der Waals surface area contributed by atoms with Gasteiger partial charge < -0.3 is 15.0 Å². The molecule has 1 unspecified atom stereocenters. The molecule has 30 heavy (non-hydrogen) atoms. The van der Waals surface area contributed by atoms with Crippen LogP contribution in [0.2, 0.25) is 0 Å². The average molecular weight is 447 g/mol. The number of nitrogens with zero attached hydrogens (tertiary/aromatic N) is 1. The van der Waals surface area contributed by atoms with Crippen molar-refractivity contribution in [2.24, 2.45) is 0 Å². The fourth-order valence-electron chi connectivity index (χ4n) is 3.39. The van der Waals surface area contributed by atoms with Gasteiger partial charge in [-0.25, -0.2) is 4.79 Å². The fraction of sp³-hybridized carbons (Fsp3) is 0.409. The number of amides is 2. The molecule has 0 radical (unpaired) electrons. The van der Waals surface area contributed by atoms with Gasteiger partial charge in [0.05, 0.1) is 11.5 Å². The lowest BCUT2D eigenvalue weighted by Crippen LogP contribution is -2.47. The van der Waals surface area contributed by atoms with Gasteiger partial charge in [-0.2, -0.15) is 0 Å². The Balaban J connectivity index is 1.96. The smallest absolute Gasteiger partial charge is 0.341 e. The highest BCUT2D eigenvalue weighted by Crippen LogP contribution is 2.40. The maximum Gasteiger partial charge on any atom is 0.341 e. The molecule has 1 aliphatic rings. The Bertz CT molecular complexity index is 984. The number of thioether (sulfide) groups is 1. The summed E-state index contributed by atoms with van der Waals surface area (Å²) >= 11 is 2.83. The normalized spacial score (nSPS) is 17.6. The monoisotopic (exact) mass is 446 g/mol. The van der Waals surface area contributed by atoms with Gasteiger partial charge in [-0.05, 0) is 51.3 Å². The van der Waals surface area contributed by atoms with E-state index in [1.807, 2.05) is 51.3 Å². The minimum atomic E-state index is -0.593. The number of anilines is 1. The molecule has 2 aromatic rings. The molecule has 2 heterocycles. The van der Waals surface area contributed by atoms with Crippen LogP contribution in [0, 0.1) is 13.8 Å². The molecular formula is C22H26N2O4S2. The van der Waals surface area contributed by atoms with Crippen molar-refractivity contribution in [1.29, 1.82) is 0 Å². The lowest BCUT2D eigenvalue weighted by atomic mass is 9.99. The first-order valence-corrected chi connectivity index (χ1v) is 11.6. The van der Waals surface area contributed by atoms with Gasteiger partial charge in [0.2, 0.25) is 12.3 Å². The molecule has 1 N–H and O–H groups in total. The Morgan fingerprint density at radius 3 is 2.67 bits per heavy atom. The molecular weight excluding hydrogens is 420 g/mol. The maximum absolute atomic E-state index is 13.0. The largest absolute Gasteiger partial charge is 0.462 e. The van der Waals surface area contributed by atoms with E-state index < -0.39 is 16.9 Å². The summed E-state index contributed by atoms with van der Waals surface area (Å²) in [5.74, 6) is -0.281. The second kappa shape index (κ2) is 8.81. The minimum absolute atomic E-state index is 0.237. The van der Waals surface area contributed by atoms with Crippen LogP contribution in [0.5, 0.6) is 0 Å². The van der Waals surface area contributed by atoms with E-state index in [1.54, 1.807) is 18.7 Å². The predicted octanol–water partition coefficient (Wildman–Crippen LogP) is 4.46. The number of aryl methyl sites for hydroxylation is 2. The Morgan fingerprint density at radius 2 is 2.03 bits per heavy atom. The fourth-order valence-corrected chi connectivity index (χ4v) is 5.55. The number of esters is 1. The summed E-state index contributed by atoms with van der Waals surface area (Å²) in [7, 11) is 0. The second-order valence-electron chi connectivity index (χ2n) is 7.65. The molecule has 1 aromatic carbocycles. The average Bonchev–Trinajstić information content (AvgIpc) is 3.24. The highest BCUT2D eigenvalue weighted by molar-refractivity contribution is 8.00. The number of carbonyl (C=O) groups excluding carboxylic acids is 3. The molecule has 1 aromatic heterocycles. The van der Waals surface area contributed by atoms with Crippen molar-refractivity contribution in [3.05, 3.63) is 40.3 Å². The van der Waals surface area contributed by atoms with Crippen LogP contribution >= 0.6 is 23.1 Å². The highest BCUT2D eigenvalue weighted by atomic mass is 32.2. The van der Waals surface area contributed by atoms with Gasteiger partial charge in [-0.1, -0.05) is 18.2 Å². The van der Waals surface area contributed by atoms with Crippen molar-refractivity contribution in [1.82, 2.24) is 4.90 Å². The first-order chi connectivity index (χ1) is 14.2. The molecule has 1 fully saturated rings. The molecule has 8 heteroatoms. The van der Waals surface area contributed by atoms with Crippen LogP contribution in [-0.4, -0.2) is 46.5 Å². The molecule has 0 bridgehead atoms. The molecule has 2 amide bonds. The van der Waals surface area contributed by atoms with Crippen molar-refractivity contribution in [3.63, 3.8) is 0 Å². The van der Waals surface area contributed by atoms with Crippen molar-refractivity contribution < 1.29 is 19.1 Å². The standard InChI is InChI=1S/C22H26N2O4S2/c1-6-28-21(27)18-16(15-8-7-13(2)14(3)9-15)10-29-20(18)23-19(26)17-11-30-22(4,5)24(17)12-25/h7-10,12,17H,6,11H2,1-5H3,(H,23,26). The van der Waals surface area contributed by atoms with Crippen LogP contribution in [0.1, 0.15) is 42.3 Å². The summed E-state index contributed by atoms with van der Waals surface area (Å²) in [6.07, 6.45) is 0.714. The number of hydrogen-bond donors (Lipinski definition) is 1. The van der Waals surface area contributed by atoms with Gasteiger partial charge in [-0.15, -0.1) is 23.1 Å². The van der Waals surface area contributed by atoms with Crippen molar-refractivity contribution in [2.75, 3.05) is 17.7 Å². The van der Waals surface area contributed by atoms with E-state index in [2.05, 4.69) is 5.32 Å². The van der Waals surface area contributed by atoms with Crippen LogP contribution in [0.25, 0.3) is 11.1 Å². The zero-order valence-corrected chi connectivity index (χ0v) is 19.4. The molecule has 1 atom stereocenters. The van der Waals surface area contributed by atoms with Crippen LogP contribution in [0.3, 0.4) is 0 Å². The van der Waals surface area contributed by atoms with Gasteiger partial charge in [0.15, 0.2) is 0 Å². The summed E-state index contributed by atoms with van der Waals surface area (Å²) in [5, 5.41) is 5.17. The first-order valence-electron chi connectivity index (χ1n) is 9.74. The van der Waals surface area contributed by atoms with E-state index in [1.165, 1.54) is 16.2 Å². The number of nitrogens with one attached hydrogen (secondary N) is 1. The second-order valence-corrected chi connectivity index (χ2v) is 10.1. The number of ether oxygens (including phenoxy) is 1. The summed E-state index contributed by atoms with van der Waals surface area (Å²) in [4.78, 5) is 38.4. The number of benzene rings is 1. The molecule has 0 spiro atoms. The van der Waals surface area contributed by atoms with E-state index in [9.17, 15) is 14.4 Å². The van der Waals surface area contributed by atoms with E-state index in [-0.39, 0.29) is 12.5 Å². The zero-order chi connectivity index (χ0) is 22.1. The summed E-state index contributed by atoms with van der Waals surface area (Å²) in [6.45, 7) is 9.85.